The molecule has 0 saturated carbocycles. The van der Waals surface area contributed by atoms with Crippen LogP contribution in [0, 0.1) is 5.82 Å². The monoisotopic (exact) mass is 286 g/mol. The molecule has 0 N–H and O–H groups in total. The van der Waals surface area contributed by atoms with E-state index in [2.05, 4.69) is 4.98 Å². The van der Waals surface area contributed by atoms with E-state index in [9.17, 15) is 4.39 Å². The molecule has 0 amide bonds. The highest BCUT2D eigenvalue weighted by Crippen LogP contribution is 2.18. The van der Waals surface area contributed by atoms with Crippen LogP contribution < -0.4 is 0 Å². The van der Waals surface area contributed by atoms with Gasteiger partial charge >= 0.3 is 0 Å². The maximum Gasteiger partial charge on any atom is 0.125 e. The van der Waals surface area contributed by atoms with Gasteiger partial charge in [0, 0.05) is 13.7 Å². The Labute approximate surface area is 116 Å². The van der Waals surface area contributed by atoms with Crippen molar-refractivity contribution in [1.82, 2.24) is 9.55 Å². The molecule has 2 aromatic rings. The Bertz CT molecular complexity index is 545. The second-order valence-electron chi connectivity index (χ2n) is 4.05. The van der Waals surface area contributed by atoms with Crippen LogP contribution in [0.2, 0.25) is 0 Å². The first-order valence-electron chi connectivity index (χ1n) is 6.03. The van der Waals surface area contributed by atoms with Gasteiger partial charge in [-0.3, -0.25) is 0 Å². The lowest BCUT2D eigenvalue weighted by Gasteiger charge is -2.08. The summed E-state index contributed by atoms with van der Waals surface area (Å²) in [5.41, 5.74) is 1.49. The van der Waals surface area contributed by atoms with E-state index in [0.29, 0.717) is 26.4 Å². The molecule has 0 aliphatic carbocycles. The number of benzene rings is 1. The fraction of sp³-hybridized carbons (Fsp3) is 0.462. The lowest BCUT2D eigenvalue weighted by Crippen LogP contribution is -2.11. The van der Waals surface area contributed by atoms with Crippen LogP contribution in [0.1, 0.15) is 5.82 Å². The van der Waals surface area contributed by atoms with E-state index in [-0.39, 0.29) is 11.7 Å². The summed E-state index contributed by atoms with van der Waals surface area (Å²) in [7, 11) is 1.63. The molecule has 0 aliphatic heterocycles. The number of aromatic nitrogens is 2. The number of hydrogen-bond donors (Lipinski definition) is 0. The molecule has 0 aliphatic rings. The van der Waals surface area contributed by atoms with Gasteiger partial charge in [0.2, 0.25) is 0 Å². The summed E-state index contributed by atoms with van der Waals surface area (Å²) >= 11 is 5.87. The molecule has 2 rings (SSSR count). The molecule has 6 heteroatoms. The highest BCUT2D eigenvalue weighted by Gasteiger charge is 2.10. The van der Waals surface area contributed by atoms with E-state index in [0.717, 1.165) is 16.9 Å². The molecule has 0 atom stereocenters. The molecule has 0 spiro atoms. The summed E-state index contributed by atoms with van der Waals surface area (Å²) < 4.78 is 25.5. The van der Waals surface area contributed by atoms with E-state index in [1.165, 1.54) is 12.1 Å². The van der Waals surface area contributed by atoms with Crippen LogP contribution in [-0.2, 0) is 21.9 Å². The van der Waals surface area contributed by atoms with Crippen molar-refractivity contribution >= 4 is 22.6 Å². The van der Waals surface area contributed by atoms with Gasteiger partial charge in [-0.25, -0.2) is 9.37 Å². The van der Waals surface area contributed by atoms with E-state index in [1.807, 2.05) is 4.57 Å². The molecule has 1 aromatic heterocycles. The van der Waals surface area contributed by atoms with Crippen LogP contribution >= 0.6 is 11.6 Å². The molecule has 19 heavy (non-hydrogen) atoms. The van der Waals surface area contributed by atoms with Gasteiger partial charge in [-0.05, 0) is 18.2 Å². The third-order valence-electron chi connectivity index (χ3n) is 2.80. The van der Waals surface area contributed by atoms with Gasteiger partial charge in [-0.2, -0.15) is 0 Å². The van der Waals surface area contributed by atoms with Crippen LogP contribution in [0.4, 0.5) is 4.39 Å². The van der Waals surface area contributed by atoms with Gasteiger partial charge in [0.05, 0.1) is 36.7 Å². The number of nitrogens with zero attached hydrogens (tertiary/aromatic N) is 2. The molecule has 0 bridgehead atoms. The first kappa shape index (κ1) is 14.2. The molecular formula is C13H16ClFN2O2. The zero-order valence-corrected chi connectivity index (χ0v) is 11.5. The van der Waals surface area contributed by atoms with Gasteiger partial charge in [-0.15, -0.1) is 11.6 Å². The SMILES string of the molecule is COCCOCCn1c(CCl)nc2ccc(F)cc21. The number of ether oxygens (including phenoxy) is 2. The fourth-order valence-corrected chi connectivity index (χ4v) is 2.10. The number of alkyl halides is 1. The molecule has 4 nitrogen and oxygen atoms in total. The van der Waals surface area contributed by atoms with E-state index in [4.69, 9.17) is 21.1 Å². The largest absolute Gasteiger partial charge is 0.382 e. The zero-order chi connectivity index (χ0) is 13.7. The van der Waals surface area contributed by atoms with Crippen molar-refractivity contribution in [1.29, 1.82) is 0 Å². The summed E-state index contributed by atoms with van der Waals surface area (Å²) in [4.78, 5) is 4.37. The fourth-order valence-electron chi connectivity index (χ4n) is 1.90. The number of rotatable bonds is 7. The Balaban J connectivity index is 2.13. The van der Waals surface area contributed by atoms with Crippen molar-refractivity contribution in [2.45, 2.75) is 12.4 Å². The average Bonchev–Trinajstić information content (AvgIpc) is 2.76. The van der Waals surface area contributed by atoms with Crippen LogP contribution in [0.15, 0.2) is 18.2 Å². The summed E-state index contributed by atoms with van der Waals surface area (Å²) in [6.07, 6.45) is 0. The first-order valence-corrected chi connectivity index (χ1v) is 6.57. The number of hydrogen-bond acceptors (Lipinski definition) is 3. The van der Waals surface area contributed by atoms with Gasteiger partial charge in [0.1, 0.15) is 11.6 Å². The molecule has 1 heterocycles. The topological polar surface area (TPSA) is 36.3 Å². The third-order valence-corrected chi connectivity index (χ3v) is 3.04. The third kappa shape index (κ3) is 3.43. The maximum atomic E-state index is 13.3. The predicted octanol–water partition coefficient (Wildman–Crippen LogP) is 2.58. The highest BCUT2D eigenvalue weighted by molar-refractivity contribution is 6.16. The van der Waals surface area contributed by atoms with E-state index >= 15 is 0 Å². The molecule has 0 radical (unpaired) electrons. The van der Waals surface area contributed by atoms with Crippen LogP contribution in [0.25, 0.3) is 11.0 Å². The van der Waals surface area contributed by atoms with E-state index < -0.39 is 0 Å². The Kier molecular flexibility index (Phi) is 5.13. The number of fused-ring (bicyclic) bond motifs is 1. The first-order chi connectivity index (χ1) is 9.26. The standard InChI is InChI=1S/C13H16ClFN2O2/c1-18-6-7-19-5-4-17-12-8-10(15)2-3-11(12)16-13(17)9-14/h2-3,8H,4-7,9H2,1H3. The predicted molar refractivity (Wildman–Crippen MR) is 71.9 cm³/mol. The Hall–Kier alpha value is -1.17. The summed E-state index contributed by atoms with van der Waals surface area (Å²) in [5.74, 6) is 0.724. The van der Waals surface area contributed by atoms with Crippen molar-refractivity contribution in [3.8, 4) is 0 Å². The van der Waals surface area contributed by atoms with Gasteiger partial charge in [-0.1, -0.05) is 0 Å². The lowest BCUT2D eigenvalue weighted by atomic mass is 10.3. The summed E-state index contributed by atoms with van der Waals surface area (Å²) in [6, 6.07) is 4.52. The van der Waals surface area contributed by atoms with Crippen molar-refractivity contribution in [3.05, 3.63) is 29.8 Å². The average molecular weight is 287 g/mol. The quantitative estimate of drug-likeness (QED) is 0.580. The van der Waals surface area contributed by atoms with Crippen LogP contribution in [0.3, 0.4) is 0 Å². The highest BCUT2D eigenvalue weighted by atomic mass is 35.5. The van der Waals surface area contributed by atoms with Crippen LogP contribution in [-0.4, -0.2) is 36.5 Å². The number of imidazole rings is 1. The number of halogens is 2. The van der Waals surface area contributed by atoms with Gasteiger partial charge in [0.25, 0.3) is 0 Å². The minimum absolute atomic E-state index is 0.282. The van der Waals surface area contributed by atoms with Gasteiger partial charge < -0.3 is 14.0 Å². The van der Waals surface area contributed by atoms with E-state index in [1.54, 1.807) is 13.2 Å². The zero-order valence-electron chi connectivity index (χ0n) is 10.7. The minimum Gasteiger partial charge on any atom is -0.382 e. The molecule has 0 unspecified atom stereocenters. The normalized spacial score (nSPS) is 11.3. The van der Waals surface area contributed by atoms with Crippen LogP contribution in [0.5, 0.6) is 0 Å². The van der Waals surface area contributed by atoms with Crippen molar-refractivity contribution in [2.24, 2.45) is 0 Å². The second kappa shape index (κ2) is 6.84. The smallest absolute Gasteiger partial charge is 0.125 e. The van der Waals surface area contributed by atoms with Gasteiger partial charge in [0.15, 0.2) is 0 Å². The Morgan fingerprint density at radius 2 is 2.16 bits per heavy atom. The lowest BCUT2D eigenvalue weighted by molar-refractivity contribution is 0.0667. The van der Waals surface area contributed by atoms with Crippen molar-refractivity contribution < 1.29 is 13.9 Å². The molecule has 0 saturated heterocycles. The summed E-state index contributed by atoms with van der Waals surface area (Å²) in [5, 5.41) is 0. The Morgan fingerprint density at radius 1 is 1.32 bits per heavy atom. The molecule has 1 aromatic carbocycles. The van der Waals surface area contributed by atoms with Crippen molar-refractivity contribution in [3.63, 3.8) is 0 Å². The molecular weight excluding hydrogens is 271 g/mol. The molecule has 0 fully saturated rings. The van der Waals surface area contributed by atoms with Crippen molar-refractivity contribution in [2.75, 3.05) is 26.9 Å². The second-order valence-corrected chi connectivity index (χ2v) is 4.32. The Morgan fingerprint density at radius 3 is 2.89 bits per heavy atom. The minimum atomic E-state index is -0.282. The summed E-state index contributed by atoms with van der Waals surface area (Å²) in [6.45, 7) is 2.19. The number of methoxy groups -OCH3 is 1. The molecule has 104 valence electrons. The maximum absolute atomic E-state index is 13.3.